The maximum atomic E-state index is 12.6. The minimum atomic E-state index is -0.0329. The third kappa shape index (κ3) is 3.57. The average molecular weight is 313 g/mol. The van der Waals surface area contributed by atoms with Crippen LogP contribution < -0.4 is 0 Å². The quantitative estimate of drug-likeness (QED) is 0.851. The first-order valence-corrected chi connectivity index (χ1v) is 8.37. The molecule has 1 amide bonds. The number of piperidine rings is 1. The largest absolute Gasteiger partial charge is 0.337 e. The van der Waals surface area contributed by atoms with Gasteiger partial charge in [0.1, 0.15) is 5.82 Å². The van der Waals surface area contributed by atoms with Crippen molar-refractivity contribution >= 4 is 5.91 Å². The van der Waals surface area contributed by atoms with Gasteiger partial charge in [0, 0.05) is 44.1 Å². The highest BCUT2D eigenvalue weighted by Gasteiger charge is 2.28. The molecule has 1 atom stereocenters. The van der Waals surface area contributed by atoms with Gasteiger partial charge in [0.05, 0.1) is 0 Å². The van der Waals surface area contributed by atoms with Gasteiger partial charge < -0.3 is 9.47 Å². The van der Waals surface area contributed by atoms with Gasteiger partial charge in [-0.05, 0) is 31.4 Å². The molecule has 0 saturated carbocycles. The van der Waals surface area contributed by atoms with E-state index in [1.807, 2.05) is 11.1 Å². The number of carbonyl (C=O) groups is 1. The molecule has 1 saturated heterocycles. The molecule has 2 aromatic heterocycles. The van der Waals surface area contributed by atoms with Crippen LogP contribution in [0.25, 0.3) is 0 Å². The van der Waals surface area contributed by atoms with Crippen LogP contribution in [0.5, 0.6) is 0 Å². The summed E-state index contributed by atoms with van der Waals surface area (Å²) in [5.74, 6) is 1.38. The Morgan fingerprint density at radius 2 is 2.30 bits per heavy atom. The standard InChI is InChI=1S/C17H23N5O/c1-2-3-10-21-12-9-18-16(21)14-6-5-11-22(13-14)17(23)15-7-4-8-19-20-15/h4,7-9,12,14H,2-3,5-6,10-11,13H2,1H3/t14-/m1/s1. The summed E-state index contributed by atoms with van der Waals surface area (Å²) >= 11 is 0. The summed E-state index contributed by atoms with van der Waals surface area (Å²) in [6, 6.07) is 3.47. The SMILES string of the molecule is CCCCn1ccnc1[C@@H]1CCCN(C(=O)c2cccnn2)C1. The monoisotopic (exact) mass is 313 g/mol. The summed E-state index contributed by atoms with van der Waals surface area (Å²) in [7, 11) is 0. The Kier molecular flexibility index (Phi) is 5.00. The molecule has 6 nitrogen and oxygen atoms in total. The number of imidazole rings is 1. The zero-order valence-corrected chi connectivity index (χ0v) is 13.6. The summed E-state index contributed by atoms with van der Waals surface area (Å²) in [5, 5.41) is 7.74. The summed E-state index contributed by atoms with van der Waals surface area (Å²) < 4.78 is 2.24. The maximum Gasteiger partial charge on any atom is 0.274 e. The molecule has 1 fully saturated rings. The van der Waals surface area contributed by atoms with Crippen LogP contribution in [0.15, 0.2) is 30.7 Å². The lowest BCUT2D eigenvalue weighted by atomic mass is 9.96. The predicted octanol–water partition coefficient (Wildman–Crippen LogP) is 2.49. The van der Waals surface area contributed by atoms with Crippen molar-refractivity contribution in [2.24, 2.45) is 0 Å². The van der Waals surface area contributed by atoms with Gasteiger partial charge >= 0.3 is 0 Å². The second-order valence-electron chi connectivity index (χ2n) is 6.03. The minimum Gasteiger partial charge on any atom is -0.337 e. The highest BCUT2D eigenvalue weighted by Crippen LogP contribution is 2.26. The molecule has 0 aliphatic carbocycles. The Morgan fingerprint density at radius 1 is 1.39 bits per heavy atom. The van der Waals surface area contributed by atoms with Crippen LogP contribution in [-0.2, 0) is 6.54 Å². The molecule has 122 valence electrons. The third-order valence-corrected chi connectivity index (χ3v) is 4.37. The molecule has 23 heavy (non-hydrogen) atoms. The van der Waals surface area contributed by atoms with E-state index in [2.05, 4.69) is 32.9 Å². The second-order valence-corrected chi connectivity index (χ2v) is 6.03. The van der Waals surface area contributed by atoms with E-state index in [0.29, 0.717) is 18.2 Å². The topological polar surface area (TPSA) is 63.9 Å². The van der Waals surface area contributed by atoms with Crippen LogP contribution in [0.2, 0.25) is 0 Å². The molecule has 0 bridgehead atoms. The molecular formula is C17H23N5O. The molecule has 3 heterocycles. The molecule has 3 rings (SSSR count). The third-order valence-electron chi connectivity index (χ3n) is 4.37. The van der Waals surface area contributed by atoms with Crippen LogP contribution in [0.1, 0.15) is 54.8 Å². The molecule has 2 aromatic rings. The van der Waals surface area contributed by atoms with Gasteiger partial charge in [0.2, 0.25) is 0 Å². The van der Waals surface area contributed by atoms with E-state index < -0.39 is 0 Å². The zero-order chi connectivity index (χ0) is 16.1. The number of aromatic nitrogens is 4. The molecular weight excluding hydrogens is 290 g/mol. The fourth-order valence-corrected chi connectivity index (χ4v) is 3.15. The van der Waals surface area contributed by atoms with E-state index in [1.165, 1.54) is 6.42 Å². The zero-order valence-electron chi connectivity index (χ0n) is 13.6. The normalized spacial score (nSPS) is 18.1. The van der Waals surface area contributed by atoms with Crippen molar-refractivity contribution in [2.75, 3.05) is 13.1 Å². The summed E-state index contributed by atoms with van der Waals surface area (Å²) in [5.41, 5.74) is 0.419. The number of unbranched alkanes of at least 4 members (excludes halogenated alkanes) is 1. The van der Waals surface area contributed by atoms with E-state index in [0.717, 1.165) is 38.2 Å². The fourth-order valence-electron chi connectivity index (χ4n) is 3.15. The Balaban J connectivity index is 1.71. The van der Waals surface area contributed by atoms with Gasteiger partial charge in [-0.2, -0.15) is 5.10 Å². The first kappa shape index (κ1) is 15.6. The summed E-state index contributed by atoms with van der Waals surface area (Å²) in [4.78, 5) is 19.0. The lowest BCUT2D eigenvalue weighted by Crippen LogP contribution is -2.40. The number of hydrogen-bond acceptors (Lipinski definition) is 4. The van der Waals surface area contributed by atoms with Crippen LogP contribution in [-0.4, -0.2) is 43.6 Å². The van der Waals surface area contributed by atoms with Crippen LogP contribution in [0.3, 0.4) is 0 Å². The van der Waals surface area contributed by atoms with E-state index in [9.17, 15) is 4.79 Å². The van der Waals surface area contributed by atoms with Gasteiger partial charge in [-0.25, -0.2) is 4.98 Å². The first-order chi connectivity index (χ1) is 11.3. The number of rotatable bonds is 5. The lowest BCUT2D eigenvalue weighted by molar-refractivity contribution is 0.0696. The highest BCUT2D eigenvalue weighted by atomic mass is 16.2. The van der Waals surface area contributed by atoms with Crippen LogP contribution in [0.4, 0.5) is 0 Å². The number of nitrogens with zero attached hydrogens (tertiary/aromatic N) is 5. The molecule has 0 radical (unpaired) electrons. The highest BCUT2D eigenvalue weighted by molar-refractivity contribution is 5.92. The number of amides is 1. The van der Waals surface area contributed by atoms with Gasteiger partial charge in [0.15, 0.2) is 5.69 Å². The minimum absolute atomic E-state index is 0.0329. The number of likely N-dealkylation sites (tertiary alicyclic amines) is 1. The van der Waals surface area contributed by atoms with Crippen molar-refractivity contribution in [2.45, 2.75) is 45.1 Å². The van der Waals surface area contributed by atoms with Gasteiger partial charge in [-0.1, -0.05) is 13.3 Å². The number of hydrogen-bond donors (Lipinski definition) is 0. The van der Waals surface area contributed by atoms with Gasteiger partial charge in [-0.15, -0.1) is 5.10 Å². The van der Waals surface area contributed by atoms with Gasteiger partial charge in [0.25, 0.3) is 5.91 Å². The molecule has 0 spiro atoms. The van der Waals surface area contributed by atoms with Crippen molar-refractivity contribution in [1.82, 2.24) is 24.6 Å². The van der Waals surface area contributed by atoms with E-state index in [1.54, 1.807) is 18.3 Å². The smallest absolute Gasteiger partial charge is 0.274 e. The number of aryl methyl sites for hydroxylation is 1. The van der Waals surface area contributed by atoms with Crippen molar-refractivity contribution < 1.29 is 4.79 Å². The first-order valence-electron chi connectivity index (χ1n) is 8.37. The van der Waals surface area contributed by atoms with Crippen LogP contribution >= 0.6 is 0 Å². The van der Waals surface area contributed by atoms with Crippen molar-refractivity contribution in [3.8, 4) is 0 Å². The molecule has 1 aliphatic heterocycles. The lowest BCUT2D eigenvalue weighted by Gasteiger charge is -2.32. The fraction of sp³-hybridized carbons (Fsp3) is 0.529. The summed E-state index contributed by atoms with van der Waals surface area (Å²) in [6.07, 6.45) is 9.89. The van der Waals surface area contributed by atoms with Crippen molar-refractivity contribution in [3.63, 3.8) is 0 Å². The summed E-state index contributed by atoms with van der Waals surface area (Å²) in [6.45, 7) is 4.68. The second kappa shape index (κ2) is 7.35. The van der Waals surface area contributed by atoms with E-state index in [-0.39, 0.29) is 5.91 Å². The Morgan fingerprint density at radius 3 is 3.09 bits per heavy atom. The maximum absolute atomic E-state index is 12.6. The molecule has 0 aromatic carbocycles. The molecule has 1 aliphatic rings. The van der Waals surface area contributed by atoms with Crippen molar-refractivity contribution in [1.29, 1.82) is 0 Å². The molecule has 0 N–H and O–H groups in total. The predicted molar refractivity (Wildman–Crippen MR) is 87.0 cm³/mol. The van der Waals surface area contributed by atoms with E-state index in [4.69, 9.17) is 0 Å². The Labute approximate surface area is 136 Å². The molecule has 6 heteroatoms. The van der Waals surface area contributed by atoms with Crippen LogP contribution in [0, 0.1) is 0 Å². The average Bonchev–Trinajstić information content (AvgIpc) is 3.08. The Bertz CT molecular complexity index is 639. The van der Waals surface area contributed by atoms with Gasteiger partial charge in [-0.3, -0.25) is 4.79 Å². The van der Waals surface area contributed by atoms with E-state index >= 15 is 0 Å². The van der Waals surface area contributed by atoms with Crippen molar-refractivity contribution in [3.05, 3.63) is 42.2 Å². The molecule has 0 unspecified atom stereocenters. The Hall–Kier alpha value is -2.24. The number of carbonyl (C=O) groups excluding carboxylic acids is 1.